The first-order valence-electron chi connectivity index (χ1n) is 10.9. The molecule has 3 atom stereocenters. The lowest BCUT2D eigenvalue weighted by Gasteiger charge is -2.43. The van der Waals surface area contributed by atoms with Crippen LogP contribution in [0.1, 0.15) is 23.1 Å². The summed E-state index contributed by atoms with van der Waals surface area (Å²) in [6.45, 7) is 4.77. The van der Waals surface area contributed by atoms with Gasteiger partial charge in [0.1, 0.15) is 11.3 Å². The normalized spacial score (nSPS) is 23.3. The van der Waals surface area contributed by atoms with Crippen molar-refractivity contribution < 1.29 is 14.0 Å². The summed E-state index contributed by atoms with van der Waals surface area (Å²) < 4.78 is 13.1. The Bertz CT molecular complexity index is 938. The van der Waals surface area contributed by atoms with Crippen molar-refractivity contribution in [3.8, 4) is 0 Å². The van der Waals surface area contributed by atoms with Crippen molar-refractivity contribution >= 4 is 23.6 Å². The number of fused-ring (bicyclic) bond motifs is 1. The Balaban J connectivity index is 1.21. The molecule has 8 heteroatoms. The quantitative estimate of drug-likeness (QED) is 0.597. The minimum Gasteiger partial charge on any atom is -0.351 e. The zero-order chi connectivity index (χ0) is 22.5. The summed E-state index contributed by atoms with van der Waals surface area (Å²) in [6.07, 6.45) is 0.857. The van der Waals surface area contributed by atoms with Crippen molar-refractivity contribution in [2.24, 2.45) is 5.92 Å². The molecule has 0 aliphatic carbocycles. The van der Waals surface area contributed by atoms with Crippen LogP contribution in [0.15, 0.2) is 48.5 Å². The Labute approximate surface area is 192 Å². The number of aryl methyl sites for hydroxylation is 1. The maximum Gasteiger partial charge on any atom is 0.230 e. The van der Waals surface area contributed by atoms with Gasteiger partial charge >= 0.3 is 0 Å². The van der Waals surface area contributed by atoms with Gasteiger partial charge in [-0.05, 0) is 36.6 Å². The highest BCUT2D eigenvalue weighted by Gasteiger charge is 2.39. The SMILES string of the molecule is Cc1ccc(CNC(=O)CSC2NC(=O)C3CN(Cc4ccc(F)cc4)CCC3N2)cc1. The van der Waals surface area contributed by atoms with E-state index in [0.29, 0.717) is 19.6 Å². The molecule has 2 aromatic carbocycles. The summed E-state index contributed by atoms with van der Waals surface area (Å²) in [7, 11) is 0. The third-order valence-corrected chi connectivity index (χ3v) is 7.00. The van der Waals surface area contributed by atoms with E-state index < -0.39 is 0 Å². The molecule has 3 N–H and O–H groups in total. The number of piperidine rings is 1. The van der Waals surface area contributed by atoms with E-state index in [1.165, 1.54) is 29.5 Å². The molecule has 2 aliphatic heterocycles. The maximum absolute atomic E-state index is 13.1. The van der Waals surface area contributed by atoms with Gasteiger partial charge in [0.25, 0.3) is 0 Å². The molecule has 2 aromatic rings. The molecule has 2 aliphatic rings. The summed E-state index contributed by atoms with van der Waals surface area (Å²) in [6, 6.07) is 14.7. The second kappa shape index (κ2) is 10.5. The molecule has 170 valence electrons. The number of carbonyl (C=O) groups is 2. The number of thioether (sulfide) groups is 1. The van der Waals surface area contributed by atoms with Crippen molar-refractivity contribution in [1.29, 1.82) is 0 Å². The molecule has 2 amide bonds. The Hall–Kier alpha value is -2.42. The van der Waals surface area contributed by atoms with Crippen LogP contribution >= 0.6 is 11.8 Å². The second-order valence-electron chi connectivity index (χ2n) is 8.49. The number of hydrogen-bond donors (Lipinski definition) is 3. The fourth-order valence-corrected chi connectivity index (χ4v) is 5.05. The van der Waals surface area contributed by atoms with E-state index in [-0.39, 0.29) is 40.8 Å². The number of amides is 2. The molecular formula is C24H29FN4O2S. The van der Waals surface area contributed by atoms with Gasteiger partial charge in [-0.15, -0.1) is 11.8 Å². The van der Waals surface area contributed by atoms with Crippen LogP contribution in [-0.4, -0.2) is 47.1 Å². The average molecular weight is 457 g/mol. The van der Waals surface area contributed by atoms with Crippen LogP contribution in [-0.2, 0) is 22.7 Å². The topological polar surface area (TPSA) is 73.5 Å². The molecule has 2 fully saturated rings. The molecule has 0 aromatic heterocycles. The summed E-state index contributed by atoms with van der Waals surface area (Å²) >= 11 is 1.40. The van der Waals surface area contributed by atoms with Crippen LogP contribution < -0.4 is 16.0 Å². The Kier molecular flexibility index (Phi) is 7.44. The van der Waals surface area contributed by atoms with Gasteiger partial charge in [-0.25, -0.2) is 4.39 Å². The number of nitrogens with one attached hydrogen (secondary N) is 3. The fraction of sp³-hybridized carbons (Fsp3) is 0.417. The zero-order valence-corrected chi connectivity index (χ0v) is 19.0. The smallest absolute Gasteiger partial charge is 0.230 e. The minimum atomic E-state index is -0.266. The van der Waals surface area contributed by atoms with Crippen LogP contribution in [0.25, 0.3) is 0 Å². The summed E-state index contributed by atoms with van der Waals surface area (Å²) in [5, 5.41) is 9.41. The zero-order valence-electron chi connectivity index (χ0n) is 18.1. The Morgan fingerprint density at radius 1 is 1.16 bits per heavy atom. The van der Waals surface area contributed by atoms with E-state index in [4.69, 9.17) is 0 Å². The molecule has 0 radical (unpaired) electrons. The lowest BCUT2D eigenvalue weighted by Crippen LogP contribution is -2.64. The highest BCUT2D eigenvalue weighted by atomic mass is 32.2. The molecule has 0 saturated carbocycles. The standard InChI is InChI=1S/C24H29FN4O2S/c1-16-2-4-17(5-3-16)12-26-22(30)15-32-24-27-21-10-11-29(14-20(21)23(31)28-24)13-18-6-8-19(25)9-7-18/h2-9,20-21,24,27H,10-15H2,1H3,(H,26,30)(H,28,31). The van der Waals surface area contributed by atoms with Crippen molar-refractivity contribution in [3.63, 3.8) is 0 Å². The number of rotatable bonds is 7. The van der Waals surface area contributed by atoms with Gasteiger partial charge in [-0.3, -0.25) is 19.8 Å². The Morgan fingerprint density at radius 3 is 2.62 bits per heavy atom. The van der Waals surface area contributed by atoms with Crippen molar-refractivity contribution in [3.05, 3.63) is 71.0 Å². The predicted molar refractivity (Wildman–Crippen MR) is 124 cm³/mol. The van der Waals surface area contributed by atoms with Crippen molar-refractivity contribution in [1.82, 2.24) is 20.9 Å². The molecule has 2 heterocycles. The Morgan fingerprint density at radius 2 is 1.88 bits per heavy atom. The summed E-state index contributed by atoms with van der Waals surface area (Å²) in [5.74, 6) is -0.122. The molecule has 4 rings (SSSR count). The first-order chi connectivity index (χ1) is 15.5. The largest absolute Gasteiger partial charge is 0.351 e. The predicted octanol–water partition coefficient (Wildman–Crippen LogP) is 2.38. The molecule has 0 spiro atoms. The van der Waals surface area contributed by atoms with Crippen LogP contribution in [0, 0.1) is 18.7 Å². The van der Waals surface area contributed by atoms with E-state index in [1.54, 1.807) is 12.1 Å². The average Bonchev–Trinajstić information content (AvgIpc) is 2.79. The fourth-order valence-electron chi connectivity index (χ4n) is 4.16. The summed E-state index contributed by atoms with van der Waals surface area (Å²) in [5.41, 5.74) is 3.03. The maximum atomic E-state index is 13.1. The molecule has 32 heavy (non-hydrogen) atoms. The minimum absolute atomic E-state index is 0.0233. The monoisotopic (exact) mass is 456 g/mol. The van der Waals surface area contributed by atoms with Crippen LogP contribution in [0.4, 0.5) is 4.39 Å². The lowest BCUT2D eigenvalue weighted by atomic mass is 9.89. The van der Waals surface area contributed by atoms with Gasteiger partial charge in [-0.1, -0.05) is 42.0 Å². The van der Waals surface area contributed by atoms with E-state index in [1.807, 2.05) is 31.2 Å². The van der Waals surface area contributed by atoms with Gasteiger partial charge in [-0.2, -0.15) is 0 Å². The molecular weight excluding hydrogens is 427 g/mol. The van der Waals surface area contributed by atoms with Gasteiger partial charge in [0.2, 0.25) is 11.8 Å². The van der Waals surface area contributed by atoms with Crippen molar-refractivity contribution in [2.75, 3.05) is 18.8 Å². The number of nitrogens with zero attached hydrogens (tertiary/aromatic N) is 1. The van der Waals surface area contributed by atoms with Gasteiger partial charge in [0, 0.05) is 32.2 Å². The number of likely N-dealkylation sites (tertiary alicyclic amines) is 1. The van der Waals surface area contributed by atoms with Gasteiger partial charge < -0.3 is 10.6 Å². The summed E-state index contributed by atoms with van der Waals surface area (Å²) in [4.78, 5) is 27.2. The number of carbonyl (C=O) groups excluding carboxylic acids is 2. The van der Waals surface area contributed by atoms with E-state index >= 15 is 0 Å². The highest BCUT2D eigenvalue weighted by molar-refractivity contribution is 8.00. The van der Waals surface area contributed by atoms with Gasteiger partial charge in [0.15, 0.2) is 0 Å². The van der Waals surface area contributed by atoms with Crippen molar-refractivity contribution in [2.45, 2.75) is 38.0 Å². The third-order valence-electron chi connectivity index (χ3n) is 5.98. The van der Waals surface area contributed by atoms with E-state index in [2.05, 4.69) is 20.9 Å². The van der Waals surface area contributed by atoms with Crippen LogP contribution in [0.3, 0.4) is 0 Å². The second-order valence-corrected chi connectivity index (χ2v) is 9.59. The number of benzene rings is 2. The van der Waals surface area contributed by atoms with E-state index in [9.17, 15) is 14.0 Å². The molecule has 6 nitrogen and oxygen atoms in total. The van der Waals surface area contributed by atoms with Crippen LogP contribution in [0.2, 0.25) is 0 Å². The first-order valence-corrected chi connectivity index (χ1v) is 12.0. The molecule has 2 saturated heterocycles. The molecule has 0 bridgehead atoms. The number of hydrogen-bond acceptors (Lipinski definition) is 5. The molecule has 3 unspecified atom stereocenters. The third kappa shape index (κ3) is 6.09. The number of halogens is 1. The van der Waals surface area contributed by atoms with Gasteiger partial charge in [0.05, 0.1) is 11.7 Å². The first kappa shape index (κ1) is 22.8. The highest BCUT2D eigenvalue weighted by Crippen LogP contribution is 2.25. The lowest BCUT2D eigenvalue weighted by molar-refractivity contribution is -0.130. The van der Waals surface area contributed by atoms with Crippen LogP contribution in [0.5, 0.6) is 0 Å². The van der Waals surface area contributed by atoms with E-state index in [0.717, 1.165) is 24.1 Å².